The van der Waals surface area contributed by atoms with Crippen molar-refractivity contribution in [2.24, 2.45) is 7.05 Å². The van der Waals surface area contributed by atoms with Crippen LogP contribution in [-0.4, -0.2) is 63.4 Å². The van der Waals surface area contributed by atoms with Crippen molar-refractivity contribution in [2.75, 3.05) is 24.6 Å². The molecule has 2 aliphatic rings. The third-order valence-electron chi connectivity index (χ3n) is 7.47. The average molecular weight is 559 g/mol. The Morgan fingerprint density at radius 2 is 2.00 bits per heavy atom. The zero-order valence-electron chi connectivity index (χ0n) is 23.0. The lowest BCUT2D eigenvalue weighted by Gasteiger charge is -2.33. The number of hydrogen-bond acceptors (Lipinski definition) is 5. The number of carboxylic acid groups (broad SMARTS) is 1. The standard InChI is InChI=1S/C27H36F2N6O3Si/c1-32-15-19(14-30-32)20-12-18-6-5-8-34(24(18)13-21(20)25(28)29)26-22-16-33(27(36)37)9-7-23(22)35(31-26)17-38-10-11-39(2,3)4/h12-15,25H,5-11,16-17H2,1-4H3,(H,36,37). The molecule has 0 radical (unpaired) electrons. The third-order valence-corrected chi connectivity index (χ3v) is 9.17. The highest BCUT2D eigenvalue weighted by Crippen LogP contribution is 2.42. The number of ether oxygens (including phenoxy) is 1. The molecule has 0 saturated heterocycles. The highest BCUT2D eigenvalue weighted by atomic mass is 28.3. The summed E-state index contributed by atoms with van der Waals surface area (Å²) < 4.78 is 38.1. The number of aryl methyl sites for hydroxylation is 2. The first kappa shape index (κ1) is 27.3. The number of aromatic nitrogens is 4. The molecule has 5 rings (SSSR count). The van der Waals surface area contributed by atoms with E-state index in [4.69, 9.17) is 9.84 Å². The van der Waals surface area contributed by atoms with Crippen molar-refractivity contribution in [2.45, 2.75) is 64.6 Å². The van der Waals surface area contributed by atoms with Crippen LogP contribution in [0.1, 0.15) is 35.2 Å². The van der Waals surface area contributed by atoms with Gasteiger partial charge in [0.1, 0.15) is 6.73 Å². The summed E-state index contributed by atoms with van der Waals surface area (Å²) >= 11 is 0. The average Bonchev–Trinajstić information content (AvgIpc) is 3.48. The van der Waals surface area contributed by atoms with Gasteiger partial charge in [0.2, 0.25) is 0 Å². The molecule has 4 heterocycles. The molecule has 9 nitrogen and oxygen atoms in total. The lowest BCUT2D eigenvalue weighted by molar-refractivity contribution is 0.0753. The highest BCUT2D eigenvalue weighted by Gasteiger charge is 2.33. The van der Waals surface area contributed by atoms with Crippen molar-refractivity contribution in [3.63, 3.8) is 0 Å². The molecule has 0 aliphatic carbocycles. The van der Waals surface area contributed by atoms with Crippen LogP contribution in [-0.2, 0) is 37.9 Å². The van der Waals surface area contributed by atoms with Crippen LogP contribution in [0.2, 0.25) is 25.7 Å². The number of halogens is 2. The van der Waals surface area contributed by atoms with Crippen LogP contribution < -0.4 is 4.90 Å². The van der Waals surface area contributed by atoms with E-state index in [1.165, 1.54) is 4.90 Å². The van der Waals surface area contributed by atoms with Crippen LogP contribution >= 0.6 is 0 Å². The lowest BCUT2D eigenvalue weighted by atomic mass is 9.93. The van der Waals surface area contributed by atoms with Crippen molar-refractivity contribution in [3.8, 4) is 11.1 Å². The van der Waals surface area contributed by atoms with E-state index in [0.29, 0.717) is 48.7 Å². The van der Waals surface area contributed by atoms with E-state index in [-0.39, 0.29) is 18.8 Å². The smallest absolute Gasteiger partial charge is 0.407 e. The molecule has 0 bridgehead atoms. The van der Waals surface area contributed by atoms with Gasteiger partial charge >= 0.3 is 6.09 Å². The first-order valence-corrected chi connectivity index (χ1v) is 17.1. The minimum Gasteiger partial charge on any atom is -0.465 e. The summed E-state index contributed by atoms with van der Waals surface area (Å²) in [7, 11) is 0.513. The largest absolute Gasteiger partial charge is 0.465 e. The van der Waals surface area contributed by atoms with E-state index in [9.17, 15) is 18.7 Å². The monoisotopic (exact) mass is 558 g/mol. The van der Waals surface area contributed by atoms with Gasteiger partial charge in [-0.1, -0.05) is 19.6 Å². The minimum atomic E-state index is -2.66. The maximum absolute atomic E-state index is 14.3. The molecule has 0 saturated carbocycles. The molecule has 2 aromatic heterocycles. The number of benzene rings is 1. The molecule has 1 amide bonds. The Balaban J connectivity index is 1.54. The van der Waals surface area contributed by atoms with Crippen molar-refractivity contribution < 1.29 is 23.4 Å². The second-order valence-electron chi connectivity index (χ2n) is 11.6. The van der Waals surface area contributed by atoms with Gasteiger partial charge in [-0.15, -0.1) is 0 Å². The summed E-state index contributed by atoms with van der Waals surface area (Å²) in [4.78, 5) is 15.2. The molecule has 210 valence electrons. The van der Waals surface area contributed by atoms with Crippen LogP contribution in [0.4, 0.5) is 25.1 Å². The van der Waals surface area contributed by atoms with Crippen LogP contribution in [0.5, 0.6) is 0 Å². The summed E-state index contributed by atoms with van der Waals surface area (Å²) in [5.41, 5.74) is 4.52. The fourth-order valence-corrected chi connectivity index (χ4v) is 6.11. The van der Waals surface area contributed by atoms with Gasteiger partial charge < -0.3 is 19.6 Å². The van der Waals surface area contributed by atoms with Crippen molar-refractivity contribution in [1.29, 1.82) is 0 Å². The molecule has 39 heavy (non-hydrogen) atoms. The topological polar surface area (TPSA) is 88.7 Å². The predicted octanol–water partition coefficient (Wildman–Crippen LogP) is 5.65. The van der Waals surface area contributed by atoms with Crippen LogP contribution in [0.3, 0.4) is 0 Å². The zero-order valence-corrected chi connectivity index (χ0v) is 24.0. The van der Waals surface area contributed by atoms with E-state index < -0.39 is 20.6 Å². The molecule has 0 unspecified atom stereocenters. The van der Waals surface area contributed by atoms with Crippen LogP contribution in [0.15, 0.2) is 24.5 Å². The van der Waals surface area contributed by atoms with Crippen molar-refractivity contribution in [1.82, 2.24) is 24.5 Å². The predicted molar refractivity (Wildman–Crippen MR) is 147 cm³/mol. The number of fused-ring (bicyclic) bond motifs is 2. The number of alkyl halides is 2. The van der Waals surface area contributed by atoms with Gasteiger partial charge in [0.25, 0.3) is 6.43 Å². The Labute approximate surface area is 228 Å². The van der Waals surface area contributed by atoms with E-state index >= 15 is 0 Å². The Bertz CT molecular complexity index is 1370. The minimum absolute atomic E-state index is 0.0520. The van der Waals surface area contributed by atoms with E-state index in [1.807, 2.05) is 15.6 Å². The van der Waals surface area contributed by atoms with Crippen LogP contribution in [0, 0.1) is 0 Å². The molecule has 2 aliphatic heterocycles. The van der Waals surface area contributed by atoms with Crippen LogP contribution in [0.25, 0.3) is 11.1 Å². The fourth-order valence-electron chi connectivity index (χ4n) is 5.35. The maximum Gasteiger partial charge on any atom is 0.407 e. The maximum atomic E-state index is 14.3. The number of amides is 1. The Kier molecular flexibility index (Phi) is 7.51. The fraction of sp³-hybridized carbons (Fsp3) is 0.519. The van der Waals surface area contributed by atoms with Gasteiger partial charge in [-0.3, -0.25) is 4.68 Å². The van der Waals surface area contributed by atoms with Crippen molar-refractivity contribution in [3.05, 3.63) is 46.9 Å². The summed E-state index contributed by atoms with van der Waals surface area (Å²) in [6.07, 6.45) is 1.81. The van der Waals surface area contributed by atoms with E-state index in [1.54, 1.807) is 30.2 Å². The molecule has 0 spiro atoms. The van der Waals surface area contributed by atoms with Gasteiger partial charge in [0.05, 0.1) is 18.4 Å². The second-order valence-corrected chi connectivity index (χ2v) is 17.2. The van der Waals surface area contributed by atoms with E-state index in [2.05, 4.69) is 24.7 Å². The van der Waals surface area contributed by atoms with Gasteiger partial charge in [0, 0.05) is 69.8 Å². The zero-order chi connectivity index (χ0) is 27.9. The second kappa shape index (κ2) is 10.7. The Morgan fingerprint density at radius 1 is 1.21 bits per heavy atom. The Morgan fingerprint density at radius 3 is 2.67 bits per heavy atom. The molecule has 0 fully saturated rings. The quantitative estimate of drug-likeness (QED) is 0.284. The Hall–Kier alpha value is -3.25. The van der Waals surface area contributed by atoms with Gasteiger partial charge in [-0.2, -0.15) is 10.2 Å². The van der Waals surface area contributed by atoms with E-state index in [0.717, 1.165) is 35.7 Å². The SMILES string of the molecule is Cn1cc(-c2cc3c(cc2C(F)F)N(c2nn(COCC[Si](C)(C)C)c4c2CN(C(=O)O)CC4)CCC3)cn1. The molecular weight excluding hydrogens is 522 g/mol. The normalized spacial score (nSPS) is 15.6. The summed E-state index contributed by atoms with van der Waals surface area (Å²) in [6, 6.07) is 4.47. The van der Waals surface area contributed by atoms with Gasteiger partial charge in [-0.05, 0) is 42.1 Å². The highest BCUT2D eigenvalue weighted by molar-refractivity contribution is 6.76. The number of hydrogen-bond donors (Lipinski definition) is 1. The van der Waals surface area contributed by atoms with Gasteiger partial charge in [-0.25, -0.2) is 18.3 Å². The lowest BCUT2D eigenvalue weighted by Crippen LogP contribution is -2.36. The molecule has 0 atom stereocenters. The first-order valence-electron chi connectivity index (χ1n) is 13.4. The number of carbonyl (C=O) groups is 1. The summed E-state index contributed by atoms with van der Waals surface area (Å²) in [6.45, 7) is 9.00. The number of anilines is 2. The number of nitrogens with zero attached hydrogens (tertiary/aromatic N) is 6. The van der Waals surface area contributed by atoms with Crippen molar-refractivity contribution >= 4 is 25.7 Å². The molecule has 12 heteroatoms. The number of rotatable bonds is 8. The molecule has 3 aromatic rings. The molecule has 1 aromatic carbocycles. The molecular formula is C27H36F2N6O3Si. The molecule has 1 N–H and O–H groups in total. The third kappa shape index (κ3) is 5.71. The van der Waals surface area contributed by atoms with Gasteiger partial charge in [0.15, 0.2) is 5.82 Å². The summed E-state index contributed by atoms with van der Waals surface area (Å²) in [5.74, 6) is 0.625. The summed E-state index contributed by atoms with van der Waals surface area (Å²) in [5, 5.41) is 18.8. The first-order chi connectivity index (χ1) is 18.5.